The summed E-state index contributed by atoms with van der Waals surface area (Å²) in [7, 11) is 0. The highest BCUT2D eigenvalue weighted by atomic mass is 16.6. The number of rotatable bonds is 6. The summed E-state index contributed by atoms with van der Waals surface area (Å²) in [4.78, 5) is 51.5. The number of nitrogens with zero attached hydrogens (tertiary/aromatic N) is 2. The Morgan fingerprint density at radius 3 is 2.39 bits per heavy atom. The van der Waals surface area contributed by atoms with E-state index in [1.165, 1.54) is 0 Å². The first kappa shape index (κ1) is 20.1. The van der Waals surface area contributed by atoms with Crippen molar-refractivity contribution in [3.05, 3.63) is 45.3 Å². The normalized spacial score (nSPS) is 32.5. The number of hydrogen-bond donors (Lipinski definition) is 4. The van der Waals surface area contributed by atoms with E-state index in [1.807, 2.05) is 11.9 Å². The first-order chi connectivity index (χ1) is 13.2. The monoisotopic (exact) mass is 395 g/mol. The van der Waals surface area contributed by atoms with Crippen LogP contribution in [0, 0.1) is 0 Å². The van der Waals surface area contributed by atoms with E-state index in [0.717, 1.165) is 24.4 Å². The number of aliphatic hydroxyl groups excluding tert-OH is 2. The van der Waals surface area contributed by atoms with Gasteiger partial charge in [0.2, 0.25) is 0 Å². The molecule has 1 aromatic heterocycles. The maximum Gasteiger partial charge on any atom is 0.332 e. The van der Waals surface area contributed by atoms with Gasteiger partial charge in [0.25, 0.3) is 23.2 Å². The van der Waals surface area contributed by atoms with E-state index < -0.39 is 53.3 Å². The lowest BCUT2D eigenvalue weighted by Crippen LogP contribution is -2.69. The average Bonchev–Trinajstić information content (AvgIpc) is 3.09. The van der Waals surface area contributed by atoms with Gasteiger partial charge in [0.1, 0.15) is 12.2 Å². The second-order valence-electron chi connectivity index (χ2n) is 6.75. The third-order valence-corrected chi connectivity index (χ3v) is 5.08. The van der Waals surface area contributed by atoms with E-state index in [9.17, 15) is 34.5 Å². The molecular weight excluding hydrogens is 374 g/mol. The number of aromatic amines is 1. The van der Waals surface area contributed by atoms with Crippen LogP contribution in [0.2, 0.25) is 0 Å². The molecule has 152 valence electrons. The van der Waals surface area contributed by atoms with Crippen molar-refractivity contribution in [1.29, 1.82) is 0 Å². The molecule has 2 aliphatic heterocycles. The molecule has 11 nitrogen and oxygen atoms in total. The molecule has 1 aromatic rings. The predicted octanol–water partition coefficient (Wildman–Crippen LogP) is -2.25. The zero-order valence-electron chi connectivity index (χ0n) is 15.1. The Hall–Kier alpha value is -2.60. The molecule has 4 atom stereocenters. The molecule has 0 radical (unpaired) electrons. The van der Waals surface area contributed by atoms with Gasteiger partial charge in [-0.25, -0.2) is 9.69 Å². The molecule has 1 fully saturated rings. The van der Waals surface area contributed by atoms with Crippen LogP contribution in [-0.2, 0) is 20.2 Å². The zero-order valence-corrected chi connectivity index (χ0v) is 15.1. The average molecular weight is 395 g/mol. The van der Waals surface area contributed by atoms with Crippen LogP contribution in [0.15, 0.2) is 34.0 Å². The number of H-pyrrole nitrogens is 1. The van der Waals surface area contributed by atoms with Gasteiger partial charge < -0.3 is 20.1 Å². The second kappa shape index (κ2) is 7.09. The second-order valence-corrected chi connectivity index (χ2v) is 6.75. The summed E-state index contributed by atoms with van der Waals surface area (Å²) in [5.41, 5.74) is -4.15. The number of amides is 2. The number of carbonyl (C=O) groups excluding carboxylic acids is 2. The van der Waals surface area contributed by atoms with E-state index in [4.69, 9.17) is 4.74 Å². The lowest BCUT2D eigenvalue weighted by molar-refractivity contribution is -0.268. The number of carbonyl (C=O) groups is 2. The SMILES string of the molecule is CCCC[C@@]1(O)[C@H](O)[C@@H](CO)O[C@@]1(N1C(=O)C=CC1=O)n1ccc(=O)[nH]c1=O. The van der Waals surface area contributed by atoms with Crippen molar-refractivity contribution in [2.24, 2.45) is 0 Å². The van der Waals surface area contributed by atoms with Gasteiger partial charge >= 0.3 is 5.69 Å². The van der Waals surface area contributed by atoms with Gasteiger partial charge in [-0.15, -0.1) is 0 Å². The minimum absolute atomic E-state index is 0.163. The highest BCUT2D eigenvalue weighted by molar-refractivity contribution is 6.13. The number of unbranched alkanes of at least 4 members (excludes halogenated alkanes) is 1. The van der Waals surface area contributed by atoms with Gasteiger partial charge in [0.05, 0.1) is 6.61 Å². The number of ether oxygens (including phenoxy) is 1. The van der Waals surface area contributed by atoms with Crippen molar-refractivity contribution >= 4 is 11.8 Å². The fourth-order valence-corrected chi connectivity index (χ4v) is 3.75. The van der Waals surface area contributed by atoms with Gasteiger partial charge in [-0.3, -0.25) is 23.9 Å². The maximum atomic E-state index is 12.6. The van der Waals surface area contributed by atoms with E-state index in [-0.39, 0.29) is 6.42 Å². The largest absolute Gasteiger partial charge is 0.394 e. The summed E-state index contributed by atoms with van der Waals surface area (Å²) >= 11 is 0. The number of imide groups is 1. The quantitative estimate of drug-likeness (QED) is 0.393. The minimum atomic E-state index is -2.51. The molecule has 0 aliphatic carbocycles. The molecule has 0 bridgehead atoms. The van der Waals surface area contributed by atoms with Crippen molar-refractivity contribution in [2.45, 2.75) is 49.8 Å². The highest BCUT2D eigenvalue weighted by Gasteiger charge is 2.71. The lowest BCUT2D eigenvalue weighted by atomic mass is 9.84. The number of aromatic nitrogens is 2. The first-order valence-electron chi connectivity index (χ1n) is 8.80. The van der Waals surface area contributed by atoms with Crippen LogP contribution in [0.5, 0.6) is 0 Å². The van der Waals surface area contributed by atoms with Crippen molar-refractivity contribution in [3.63, 3.8) is 0 Å². The fourth-order valence-electron chi connectivity index (χ4n) is 3.75. The Morgan fingerprint density at radius 2 is 1.86 bits per heavy atom. The molecule has 11 heteroatoms. The molecule has 3 heterocycles. The Bertz CT molecular complexity index is 919. The molecule has 0 unspecified atom stereocenters. The summed E-state index contributed by atoms with van der Waals surface area (Å²) in [6.07, 6.45) is 0.457. The molecule has 4 N–H and O–H groups in total. The molecule has 28 heavy (non-hydrogen) atoms. The molecular formula is C17H21N3O8. The molecule has 0 spiro atoms. The smallest absolute Gasteiger partial charge is 0.332 e. The molecule has 2 aliphatic rings. The molecule has 3 rings (SSSR count). The highest BCUT2D eigenvalue weighted by Crippen LogP contribution is 2.49. The van der Waals surface area contributed by atoms with E-state index in [0.29, 0.717) is 22.3 Å². The van der Waals surface area contributed by atoms with Gasteiger partial charge in [-0.05, 0) is 6.42 Å². The summed E-state index contributed by atoms with van der Waals surface area (Å²) < 4.78 is 6.38. The van der Waals surface area contributed by atoms with Crippen molar-refractivity contribution in [1.82, 2.24) is 14.5 Å². The molecule has 0 aromatic carbocycles. The van der Waals surface area contributed by atoms with Crippen LogP contribution >= 0.6 is 0 Å². The maximum absolute atomic E-state index is 12.6. The van der Waals surface area contributed by atoms with Crippen LogP contribution in [0.25, 0.3) is 0 Å². The fraction of sp³-hybridized carbons (Fsp3) is 0.529. The predicted molar refractivity (Wildman–Crippen MR) is 92.7 cm³/mol. The van der Waals surface area contributed by atoms with Crippen molar-refractivity contribution in [3.8, 4) is 0 Å². The minimum Gasteiger partial charge on any atom is -0.394 e. The Morgan fingerprint density at radius 1 is 1.21 bits per heavy atom. The lowest BCUT2D eigenvalue weighted by Gasteiger charge is -2.46. The van der Waals surface area contributed by atoms with Crippen LogP contribution in [0.1, 0.15) is 26.2 Å². The van der Waals surface area contributed by atoms with Gasteiger partial charge in [0, 0.05) is 24.4 Å². The van der Waals surface area contributed by atoms with Crippen molar-refractivity contribution in [2.75, 3.05) is 6.61 Å². The van der Waals surface area contributed by atoms with Crippen LogP contribution in [0.4, 0.5) is 0 Å². The first-order valence-corrected chi connectivity index (χ1v) is 8.80. The summed E-state index contributed by atoms with van der Waals surface area (Å²) in [6, 6.07) is 0.948. The standard InChI is InChI=1S/C17H21N3O8/c1-2-3-7-16(27)14(25)10(9-21)28-17(16,20-12(23)4-5-13(20)24)19-8-6-11(22)18-15(19)26/h4-6,8,10,14,21,25,27H,2-3,7,9H2,1H3,(H,18,22,26)/t10-,14-,16-,17-/m1/s1. The third-order valence-electron chi connectivity index (χ3n) is 5.08. The molecule has 2 amide bonds. The van der Waals surface area contributed by atoms with Crippen LogP contribution < -0.4 is 11.2 Å². The Kier molecular flexibility index (Phi) is 5.10. The number of nitrogens with one attached hydrogen (secondary N) is 1. The van der Waals surface area contributed by atoms with E-state index in [2.05, 4.69) is 0 Å². The Balaban J connectivity index is 2.34. The van der Waals surface area contributed by atoms with Crippen LogP contribution in [0.3, 0.4) is 0 Å². The summed E-state index contributed by atoms with van der Waals surface area (Å²) in [6.45, 7) is 1.07. The summed E-state index contributed by atoms with van der Waals surface area (Å²) in [5, 5.41) is 31.9. The number of hydrogen-bond acceptors (Lipinski definition) is 8. The number of aliphatic hydroxyl groups is 3. The van der Waals surface area contributed by atoms with E-state index >= 15 is 0 Å². The molecule has 1 saturated heterocycles. The molecule has 0 saturated carbocycles. The van der Waals surface area contributed by atoms with Gasteiger partial charge in [-0.2, -0.15) is 0 Å². The Labute approximate surface area is 158 Å². The van der Waals surface area contributed by atoms with Crippen LogP contribution in [-0.4, -0.2) is 66.0 Å². The van der Waals surface area contributed by atoms with Gasteiger partial charge in [0.15, 0.2) is 5.60 Å². The summed E-state index contributed by atoms with van der Waals surface area (Å²) in [5.74, 6) is -4.28. The third kappa shape index (κ3) is 2.66. The van der Waals surface area contributed by atoms with Gasteiger partial charge in [-0.1, -0.05) is 19.8 Å². The zero-order chi connectivity index (χ0) is 20.7. The topological polar surface area (TPSA) is 162 Å². The van der Waals surface area contributed by atoms with E-state index in [1.54, 1.807) is 0 Å². The van der Waals surface area contributed by atoms with Crippen molar-refractivity contribution < 1.29 is 29.6 Å².